The fraction of sp³-hybridized carbons (Fsp3) is 0.161. The Labute approximate surface area is 206 Å². The Bertz CT molecular complexity index is 1300. The van der Waals surface area contributed by atoms with E-state index in [1.54, 1.807) is 17.0 Å². The van der Waals surface area contributed by atoms with Crippen molar-refractivity contribution in [3.05, 3.63) is 125 Å². The summed E-state index contributed by atoms with van der Waals surface area (Å²) in [7, 11) is 0. The van der Waals surface area contributed by atoms with Gasteiger partial charge in [0, 0.05) is 11.3 Å². The third-order valence-corrected chi connectivity index (χ3v) is 6.07. The molecule has 176 valence electrons. The Morgan fingerprint density at radius 3 is 1.77 bits per heavy atom. The van der Waals surface area contributed by atoms with Gasteiger partial charge in [-0.3, -0.25) is 4.79 Å². The number of hydrogen-bond donors (Lipinski definition) is 1. The van der Waals surface area contributed by atoms with E-state index in [9.17, 15) is 14.7 Å². The van der Waals surface area contributed by atoms with Gasteiger partial charge in [0.1, 0.15) is 0 Å². The van der Waals surface area contributed by atoms with E-state index in [4.69, 9.17) is 0 Å². The Kier molecular flexibility index (Phi) is 6.83. The molecule has 0 saturated carbocycles. The Morgan fingerprint density at radius 2 is 1.23 bits per heavy atom. The van der Waals surface area contributed by atoms with Gasteiger partial charge in [0.15, 0.2) is 0 Å². The van der Waals surface area contributed by atoms with Gasteiger partial charge in [0.05, 0.1) is 12.1 Å². The molecule has 0 heterocycles. The number of hydrogen-bond acceptors (Lipinski definition) is 2. The normalized spacial score (nSPS) is 11.2. The van der Waals surface area contributed by atoms with E-state index in [0.29, 0.717) is 17.8 Å². The standard InChI is InChI=1S/C31H29NO3/c1-31(2,3)27-17-9-22(10-18-27)21-32(28-19-15-26(16-20-28)30(34)35)29(33)25-13-11-24(12-14-25)23-7-5-4-6-8-23/h4-20H,21H2,1-3H3,(H,34,35). The summed E-state index contributed by atoms with van der Waals surface area (Å²) in [4.78, 5) is 26.7. The highest BCUT2D eigenvalue weighted by Crippen LogP contribution is 2.26. The number of benzene rings is 4. The lowest BCUT2D eigenvalue weighted by molar-refractivity contribution is 0.0696. The van der Waals surface area contributed by atoms with Gasteiger partial charge in [-0.2, -0.15) is 0 Å². The minimum absolute atomic E-state index is 0.0429. The lowest BCUT2D eigenvalue weighted by Gasteiger charge is -2.24. The second-order valence-electron chi connectivity index (χ2n) is 9.63. The van der Waals surface area contributed by atoms with Crippen LogP contribution in [0.3, 0.4) is 0 Å². The smallest absolute Gasteiger partial charge is 0.335 e. The number of anilines is 1. The molecule has 0 fully saturated rings. The highest BCUT2D eigenvalue weighted by Gasteiger charge is 2.20. The summed E-state index contributed by atoms with van der Waals surface area (Å²) in [5.74, 6) is -1.14. The third kappa shape index (κ3) is 5.67. The van der Waals surface area contributed by atoms with Crippen LogP contribution in [0, 0.1) is 0 Å². The Balaban J connectivity index is 1.65. The van der Waals surface area contributed by atoms with E-state index < -0.39 is 5.97 Å². The van der Waals surface area contributed by atoms with Crippen LogP contribution >= 0.6 is 0 Å². The Morgan fingerprint density at radius 1 is 0.686 bits per heavy atom. The van der Waals surface area contributed by atoms with Crippen molar-refractivity contribution in [2.24, 2.45) is 0 Å². The zero-order valence-corrected chi connectivity index (χ0v) is 20.2. The summed E-state index contributed by atoms with van der Waals surface area (Å²) in [6, 6.07) is 32.3. The lowest BCUT2D eigenvalue weighted by Crippen LogP contribution is -2.30. The number of nitrogens with zero attached hydrogens (tertiary/aromatic N) is 1. The summed E-state index contributed by atoms with van der Waals surface area (Å²) < 4.78 is 0. The third-order valence-electron chi connectivity index (χ3n) is 6.07. The molecular weight excluding hydrogens is 434 g/mol. The first-order valence-corrected chi connectivity index (χ1v) is 11.6. The maximum Gasteiger partial charge on any atom is 0.335 e. The summed E-state index contributed by atoms with van der Waals surface area (Å²) in [6.07, 6.45) is 0. The van der Waals surface area contributed by atoms with E-state index in [-0.39, 0.29) is 16.9 Å². The second kappa shape index (κ2) is 9.98. The second-order valence-corrected chi connectivity index (χ2v) is 9.63. The number of amides is 1. The van der Waals surface area contributed by atoms with Crippen molar-refractivity contribution in [3.8, 4) is 11.1 Å². The van der Waals surface area contributed by atoms with Crippen LogP contribution in [0.1, 0.15) is 52.6 Å². The number of rotatable bonds is 6. The van der Waals surface area contributed by atoms with E-state index in [2.05, 4.69) is 32.9 Å². The zero-order valence-electron chi connectivity index (χ0n) is 20.2. The number of aromatic carboxylic acids is 1. The van der Waals surface area contributed by atoms with Crippen LogP contribution in [0.2, 0.25) is 0 Å². The largest absolute Gasteiger partial charge is 0.478 e. The van der Waals surface area contributed by atoms with Gasteiger partial charge in [-0.05, 0) is 64.1 Å². The fourth-order valence-corrected chi connectivity index (χ4v) is 3.95. The van der Waals surface area contributed by atoms with Gasteiger partial charge in [-0.25, -0.2) is 4.79 Å². The van der Waals surface area contributed by atoms with Crippen molar-refractivity contribution in [2.75, 3.05) is 4.90 Å². The van der Waals surface area contributed by atoms with Crippen LogP contribution in [0.4, 0.5) is 5.69 Å². The SMILES string of the molecule is CC(C)(C)c1ccc(CN(C(=O)c2ccc(-c3ccccc3)cc2)c2ccc(C(=O)O)cc2)cc1. The van der Waals surface area contributed by atoms with Gasteiger partial charge in [0.25, 0.3) is 5.91 Å². The van der Waals surface area contributed by atoms with E-state index in [1.807, 2.05) is 66.7 Å². The van der Waals surface area contributed by atoms with Gasteiger partial charge in [-0.1, -0.05) is 87.5 Å². The van der Waals surface area contributed by atoms with Gasteiger partial charge in [-0.15, -0.1) is 0 Å². The van der Waals surface area contributed by atoms with Crippen molar-refractivity contribution in [2.45, 2.75) is 32.7 Å². The van der Waals surface area contributed by atoms with Crippen LogP contribution in [0.15, 0.2) is 103 Å². The molecular formula is C31H29NO3. The fourth-order valence-electron chi connectivity index (χ4n) is 3.95. The molecule has 0 aliphatic carbocycles. The van der Waals surface area contributed by atoms with E-state index in [1.165, 1.54) is 17.7 Å². The summed E-state index contributed by atoms with van der Waals surface area (Å²) >= 11 is 0. The molecule has 0 aromatic heterocycles. The van der Waals surface area contributed by atoms with Crippen LogP contribution in [0.5, 0.6) is 0 Å². The van der Waals surface area contributed by atoms with Crippen LogP contribution < -0.4 is 4.90 Å². The first-order chi connectivity index (χ1) is 16.7. The molecule has 0 unspecified atom stereocenters. The summed E-state index contributed by atoms with van der Waals surface area (Å²) in [5, 5.41) is 9.27. The van der Waals surface area contributed by atoms with Crippen molar-refractivity contribution in [3.63, 3.8) is 0 Å². The van der Waals surface area contributed by atoms with Crippen molar-refractivity contribution in [1.82, 2.24) is 0 Å². The van der Waals surface area contributed by atoms with Crippen LogP contribution in [-0.4, -0.2) is 17.0 Å². The molecule has 4 aromatic carbocycles. The maximum absolute atomic E-state index is 13.7. The van der Waals surface area contributed by atoms with Crippen molar-refractivity contribution < 1.29 is 14.7 Å². The molecule has 1 N–H and O–H groups in total. The first kappa shape index (κ1) is 24.0. The minimum atomic E-state index is -0.997. The number of carbonyl (C=O) groups excluding carboxylic acids is 1. The molecule has 1 amide bonds. The quantitative estimate of drug-likeness (QED) is 0.329. The van der Waals surface area contributed by atoms with Gasteiger partial charge >= 0.3 is 5.97 Å². The monoisotopic (exact) mass is 463 g/mol. The predicted octanol–water partition coefficient (Wildman–Crippen LogP) is 7.20. The van der Waals surface area contributed by atoms with Gasteiger partial charge < -0.3 is 10.0 Å². The molecule has 0 spiro atoms. The van der Waals surface area contributed by atoms with E-state index in [0.717, 1.165) is 16.7 Å². The molecule has 4 aromatic rings. The zero-order chi connectivity index (χ0) is 25.0. The highest BCUT2D eigenvalue weighted by atomic mass is 16.4. The van der Waals surface area contributed by atoms with Crippen molar-refractivity contribution in [1.29, 1.82) is 0 Å². The average molecular weight is 464 g/mol. The van der Waals surface area contributed by atoms with Crippen molar-refractivity contribution >= 4 is 17.6 Å². The molecule has 0 radical (unpaired) electrons. The first-order valence-electron chi connectivity index (χ1n) is 11.6. The molecule has 0 saturated heterocycles. The summed E-state index contributed by atoms with van der Waals surface area (Å²) in [5.41, 5.74) is 5.79. The minimum Gasteiger partial charge on any atom is -0.478 e. The molecule has 0 atom stereocenters. The lowest BCUT2D eigenvalue weighted by atomic mass is 9.87. The molecule has 0 aliphatic rings. The number of carboxylic acids is 1. The molecule has 4 heteroatoms. The molecule has 0 bridgehead atoms. The number of carboxylic acid groups (broad SMARTS) is 1. The highest BCUT2D eigenvalue weighted by molar-refractivity contribution is 6.06. The molecule has 4 nitrogen and oxygen atoms in total. The topological polar surface area (TPSA) is 57.6 Å². The molecule has 35 heavy (non-hydrogen) atoms. The van der Waals surface area contributed by atoms with Crippen LogP contribution in [-0.2, 0) is 12.0 Å². The van der Waals surface area contributed by atoms with Crippen LogP contribution in [0.25, 0.3) is 11.1 Å². The summed E-state index contributed by atoms with van der Waals surface area (Å²) in [6.45, 7) is 6.87. The van der Waals surface area contributed by atoms with Gasteiger partial charge in [0.2, 0.25) is 0 Å². The number of carbonyl (C=O) groups is 2. The average Bonchev–Trinajstić information content (AvgIpc) is 2.87. The van der Waals surface area contributed by atoms with E-state index >= 15 is 0 Å². The molecule has 4 rings (SSSR count). The Hall–Kier alpha value is -4.18. The maximum atomic E-state index is 13.7. The predicted molar refractivity (Wildman–Crippen MR) is 141 cm³/mol. The molecule has 0 aliphatic heterocycles.